The van der Waals surface area contributed by atoms with E-state index in [2.05, 4.69) is 0 Å². The Morgan fingerprint density at radius 1 is 1.00 bits per heavy atom. The molecule has 0 aliphatic carbocycles. The number of carboxylic acids is 1. The molecule has 23 heavy (non-hydrogen) atoms. The number of hydrogen-bond acceptors (Lipinski definition) is 5. The fourth-order valence-corrected chi connectivity index (χ4v) is 2.78. The van der Waals surface area contributed by atoms with Crippen LogP contribution in [0, 0.1) is 0 Å². The lowest BCUT2D eigenvalue weighted by molar-refractivity contribution is -0.255. The number of carbonyl (C=O) groups excluding carboxylic acids is 3. The van der Waals surface area contributed by atoms with Gasteiger partial charge >= 0.3 is 0 Å². The van der Waals surface area contributed by atoms with Crippen LogP contribution in [0.4, 0.5) is 11.4 Å². The van der Waals surface area contributed by atoms with Gasteiger partial charge in [-0.05, 0) is 29.8 Å². The normalized spacial score (nSPS) is 13.4. The second-order valence-corrected chi connectivity index (χ2v) is 5.63. The highest BCUT2D eigenvalue weighted by molar-refractivity contribution is 6.40. The van der Waals surface area contributed by atoms with Gasteiger partial charge in [0.05, 0.1) is 38.5 Å². The summed E-state index contributed by atoms with van der Waals surface area (Å²) in [6.07, 6.45) is 0. The molecule has 3 rings (SSSR count). The molecule has 2 amide bonds. The lowest BCUT2D eigenvalue weighted by Crippen LogP contribution is -2.29. The first-order chi connectivity index (χ1) is 10.8. The summed E-state index contributed by atoms with van der Waals surface area (Å²) in [6.45, 7) is 0. The average molecular weight is 350 g/mol. The first kappa shape index (κ1) is 15.3. The summed E-state index contributed by atoms with van der Waals surface area (Å²) in [5.74, 6) is -2.72. The van der Waals surface area contributed by atoms with E-state index in [9.17, 15) is 19.5 Å². The number of imide groups is 1. The molecule has 0 bridgehead atoms. The summed E-state index contributed by atoms with van der Waals surface area (Å²) in [5.41, 5.74) is 5.78. The van der Waals surface area contributed by atoms with Gasteiger partial charge in [0, 0.05) is 0 Å². The van der Waals surface area contributed by atoms with Crippen molar-refractivity contribution < 1.29 is 19.5 Å². The number of aromatic carboxylic acids is 1. The minimum Gasteiger partial charge on any atom is -0.545 e. The van der Waals surface area contributed by atoms with E-state index >= 15 is 0 Å². The standard InChI is InChI=1S/C15H8Cl2N2O4/c16-10-4-7(5-11(17)12(10)18)19-13(20)8-2-1-6(15(22)23)3-9(8)14(19)21/h1-5H,18H2,(H,22,23)/p-1. The molecule has 2 aromatic rings. The summed E-state index contributed by atoms with van der Waals surface area (Å²) >= 11 is 11.9. The Hall–Kier alpha value is -2.57. The van der Waals surface area contributed by atoms with Gasteiger partial charge in [-0.15, -0.1) is 0 Å². The van der Waals surface area contributed by atoms with Crippen LogP contribution in [0.15, 0.2) is 30.3 Å². The van der Waals surface area contributed by atoms with Crippen LogP contribution in [0.1, 0.15) is 31.1 Å². The van der Waals surface area contributed by atoms with Crippen molar-refractivity contribution in [1.29, 1.82) is 0 Å². The average Bonchev–Trinajstić information content (AvgIpc) is 2.75. The molecule has 2 aromatic carbocycles. The first-order valence-electron chi connectivity index (χ1n) is 6.30. The Kier molecular flexibility index (Phi) is 3.50. The number of rotatable bonds is 2. The van der Waals surface area contributed by atoms with Gasteiger partial charge < -0.3 is 15.6 Å². The summed E-state index contributed by atoms with van der Waals surface area (Å²) < 4.78 is 0. The Morgan fingerprint density at radius 2 is 1.57 bits per heavy atom. The second-order valence-electron chi connectivity index (χ2n) is 4.82. The molecule has 116 valence electrons. The van der Waals surface area contributed by atoms with Crippen molar-refractivity contribution in [2.24, 2.45) is 0 Å². The number of fused-ring (bicyclic) bond motifs is 1. The van der Waals surface area contributed by atoms with Gasteiger partial charge in [0.1, 0.15) is 0 Å². The molecule has 8 heteroatoms. The van der Waals surface area contributed by atoms with Crippen molar-refractivity contribution in [3.63, 3.8) is 0 Å². The molecule has 0 atom stereocenters. The van der Waals surface area contributed by atoms with E-state index in [0.29, 0.717) is 0 Å². The predicted molar refractivity (Wildman–Crippen MR) is 82.8 cm³/mol. The quantitative estimate of drug-likeness (QED) is 0.656. The zero-order valence-electron chi connectivity index (χ0n) is 11.3. The Bertz CT molecular complexity index is 872. The summed E-state index contributed by atoms with van der Waals surface area (Å²) in [5, 5.41) is 11.1. The SMILES string of the molecule is Nc1c(Cl)cc(N2C(=O)c3ccc(C(=O)[O-])cc3C2=O)cc1Cl. The van der Waals surface area contributed by atoms with Crippen LogP contribution in [0.25, 0.3) is 0 Å². The third-order valence-corrected chi connectivity index (χ3v) is 4.07. The number of carbonyl (C=O) groups is 3. The van der Waals surface area contributed by atoms with E-state index in [1.807, 2.05) is 0 Å². The summed E-state index contributed by atoms with van der Waals surface area (Å²) in [4.78, 5) is 36.6. The molecule has 0 spiro atoms. The fraction of sp³-hybridized carbons (Fsp3) is 0. The lowest BCUT2D eigenvalue weighted by Gasteiger charge is -2.15. The molecule has 1 heterocycles. The number of carboxylic acid groups (broad SMARTS) is 1. The van der Waals surface area contributed by atoms with E-state index in [4.69, 9.17) is 28.9 Å². The van der Waals surface area contributed by atoms with E-state index in [1.165, 1.54) is 24.3 Å². The van der Waals surface area contributed by atoms with Crippen molar-refractivity contribution in [2.75, 3.05) is 10.6 Å². The highest BCUT2D eigenvalue weighted by atomic mass is 35.5. The molecule has 6 nitrogen and oxygen atoms in total. The lowest BCUT2D eigenvalue weighted by atomic mass is 10.1. The fourth-order valence-electron chi connectivity index (χ4n) is 2.30. The Labute approximate surface area is 140 Å². The second kappa shape index (κ2) is 5.26. The molecule has 1 aliphatic heterocycles. The summed E-state index contributed by atoms with van der Waals surface area (Å²) in [6, 6.07) is 6.24. The van der Waals surface area contributed by atoms with Crippen LogP contribution >= 0.6 is 23.2 Å². The first-order valence-corrected chi connectivity index (χ1v) is 7.05. The maximum Gasteiger partial charge on any atom is 0.266 e. The minimum atomic E-state index is -1.44. The number of nitrogens with two attached hydrogens (primary N) is 1. The van der Waals surface area contributed by atoms with Crippen LogP contribution in [-0.2, 0) is 0 Å². The van der Waals surface area contributed by atoms with Crippen molar-refractivity contribution in [3.8, 4) is 0 Å². The molecule has 0 aromatic heterocycles. The largest absolute Gasteiger partial charge is 0.545 e. The number of benzene rings is 2. The van der Waals surface area contributed by atoms with Crippen LogP contribution in [0.3, 0.4) is 0 Å². The van der Waals surface area contributed by atoms with Gasteiger partial charge in [-0.25, -0.2) is 4.90 Å². The van der Waals surface area contributed by atoms with Crippen molar-refractivity contribution in [2.45, 2.75) is 0 Å². The van der Waals surface area contributed by atoms with E-state index < -0.39 is 17.8 Å². The number of nitrogens with zero attached hydrogens (tertiary/aromatic N) is 1. The van der Waals surface area contributed by atoms with Gasteiger partial charge in [0.2, 0.25) is 0 Å². The van der Waals surface area contributed by atoms with Crippen LogP contribution < -0.4 is 15.7 Å². The van der Waals surface area contributed by atoms with Crippen LogP contribution in [-0.4, -0.2) is 17.8 Å². The van der Waals surface area contributed by atoms with Crippen molar-refractivity contribution >= 4 is 52.4 Å². The molecule has 0 saturated carbocycles. The number of halogens is 2. The monoisotopic (exact) mass is 349 g/mol. The molecule has 0 saturated heterocycles. The smallest absolute Gasteiger partial charge is 0.266 e. The number of anilines is 2. The maximum absolute atomic E-state index is 12.5. The van der Waals surface area contributed by atoms with Gasteiger partial charge in [0.25, 0.3) is 11.8 Å². The molecular weight excluding hydrogens is 343 g/mol. The predicted octanol–water partition coefficient (Wildman–Crippen LogP) is 1.74. The van der Waals surface area contributed by atoms with E-state index in [0.717, 1.165) is 11.0 Å². The molecule has 0 radical (unpaired) electrons. The number of nitrogen functional groups attached to an aromatic ring is 1. The Balaban J connectivity index is 2.12. The van der Waals surface area contributed by atoms with Crippen molar-refractivity contribution in [1.82, 2.24) is 0 Å². The van der Waals surface area contributed by atoms with Crippen molar-refractivity contribution in [3.05, 3.63) is 57.1 Å². The Morgan fingerprint density at radius 3 is 2.13 bits per heavy atom. The maximum atomic E-state index is 12.5. The molecule has 1 aliphatic rings. The van der Waals surface area contributed by atoms with Gasteiger partial charge in [-0.2, -0.15) is 0 Å². The third kappa shape index (κ3) is 2.32. The zero-order valence-corrected chi connectivity index (χ0v) is 12.8. The zero-order chi connectivity index (χ0) is 16.9. The van der Waals surface area contributed by atoms with Gasteiger partial charge in [-0.3, -0.25) is 9.59 Å². The molecule has 0 unspecified atom stereocenters. The highest BCUT2D eigenvalue weighted by Gasteiger charge is 2.37. The third-order valence-electron chi connectivity index (χ3n) is 3.44. The molecular formula is C15H7Cl2N2O4-. The number of amides is 2. The van der Waals surface area contributed by atoms with E-state index in [1.54, 1.807) is 0 Å². The van der Waals surface area contributed by atoms with Gasteiger partial charge in [0.15, 0.2) is 0 Å². The van der Waals surface area contributed by atoms with Gasteiger partial charge in [-0.1, -0.05) is 29.3 Å². The minimum absolute atomic E-state index is 0.0271. The molecule has 2 N–H and O–H groups in total. The highest BCUT2D eigenvalue weighted by Crippen LogP contribution is 2.36. The summed E-state index contributed by atoms with van der Waals surface area (Å²) in [7, 11) is 0. The molecule has 0 fully saturated rings. The van der Waals surface area contributed by atoms with E-state index in [-0.39, 0.29) is 38.1 Å². The van der Waals surface area contributed by atoms with Crippen LogP contribution in [0.2, 0.25) is 10.0 Å². The topological polar surface area (TPSA) is 104 Å². The van der Waals surface area contributed by atoms with Crippen LogP contribution in [0.5, 0.6) is 0 Å². The number of hydrogen-bond donors (Lipinski definition) is 1.